The molecule has 1 aromatic heterocycles. The summed E-state index contributed by atoms with van der Waals surface area (Å²) in [6.07, 6.45) is 3.32. The maximum absolute atomic E-state index is 11.5. The van der Waals surface area contributed by atoms with Gasteiger partial charge < -0.3 is 24.6 Å². The highest BCUT2D eigenvalue weighted by molar-refractivity contribution is 7.17. The van der Waals surface area contributed by atoms with E-state index in [1.165, 1.54) is 22.2 Å². The first kappa shape index (κ1) is 21.1. The van der Waals surface area contributed by atoms with Crippen molar-refractivity contribution in [3.05, 3.63) is 47.8 Å². The molecule has 168 valence electrons. The van der Waals surface area contributed by atoms with Gasteiger partial charge in [-0.3, -0.25) is 4.79 Å². The number of fused-ring (bicyclic) bond motifs is 2. The van der Waals surface area contributed by atoms with Gasteiger partial charge in [-0.15, -0.1) is 11.3 Å². The van der Waals surface area contributed by atoms with E-state index in [0.717, 1.165) is 51.3 Å². The number of anilines is 2. The smallest absolute Gasteiger partial charge is 0.262 e. The van der Waals surface area contributed by atoms with Crippen LogP contribution in [0, 0.1) is 0 Å². The third kappa shape index (κ3) is 4.84. The van der Waals surface area contributed by atoms with Gasteiger partial charge in [-0.1, -0.05) is 6.07 Å². The van der Waals surface area contributed by atoms with Crippen molar-refractivity contribution in [2.45, 2.75) is 19.3 Å². The summed E-state index contributed by atoms with van der Waals surface area (Å²) < 4.78 is 12.7. The summed E-state index contributed by atoms with van der Waals surface area (Å²) in [4.78, 5) is 16.6. The molecule has 1 amide bonds. The van der Waals surface area contributed by atoms with Gasteiger partial charge in [0.15, 0.2) is 6.61 Å². The number of carbonyl (C=O) groups is 1. The van der Waals surface area contributed by atoms with Gasteiger partial charge in [-0.25, -0.2) is 0 Å². The summed E-state index contributed by atoms with van der Waals surface area (Å²) in [7, 11) is 0. The molecule has 32 heavy (non-hydrogen) atoms. The Morgan fingerprint density at radius 1 is 1.06 bits per heavy atom. The van der Waals surface area contributed by atoms with Crippen molar-refractivity contribution in [1.29, 1.82) is 0 Å². The molecule has 1 saturated heterocycles. The van der Waals surface area contributed by atoms with Gasteiger partial charge in [0.2, 0.25) is 0 Å². The van der Waals surface area contributed by atoms with Gasteiger partial charge in [-0.2, -0.15) is 0 Å². The third-order valence-corrected chi connectivity index (χ3v) is 7.01. The van der Waals surface area contributed by atoms with Crippen LogP contribution < -0.4 is 19.7 Å². The Kier molecular flexibility index (Phi) is 6.46. The minimum absolute atomic E-state index is 0.0745. The summed E-state index contributed by atoms with van der Waals surface area (Å²) >= 11 is 1.82. The van der Waals surface area contributed by atoms with Crippen LogP contribution >= 0.6 is 11.3 Å². The molecule has 0 atom stereocenters. The summed E-state index contributed by atoms with van der Waals surface area (Å²) in [5.74, 6) is 1.34. The molecule has 3 aromatic rings. The van der Waals surface area contributed by atoms with E-state index >= 15 is 0 Å². The normalized spacial score (nSPS) is 16.9. The lowest BCUT2D eigenvalue weighted by Crippen LogP contribution is -2.31. The van der Waals surface area contributed by atoms with Gasteiger partial charge in [0.05, 0.1) is 12.3 Å². The summed E-state index contributed by atoms with van der Waals surface area (Å²) in [5, 5.41) is 6.39. The fourth-order valence-electron chi connectivity index (χ4n) is 4.47. The van der Waals surface area contributed by atoms with Crippen molar-refractivity contribution in [1.82, 2.24) is 4.90 Å². The predicted molar refractivity (Wildman–Crippen MR) is 130 cm³/mol. The summed E-state index contributed by atoms with van der Waals surface area (Å²) in [6.45, 7) is 6.31. The topological polar surface area (TPSA) is 54.0 Å². The number of nitrogens with one attached hydrogen (secondary N) is 1. The molecular formula is C25H29N3O3S. The van der Waals surface area contributed by atoms with Crippen LogP contribution in [0.15, 0.2) is 47.8 Å². The second-order valence-corrected chi connectivity index (χ2v) is 9.29. The van der Waals surface area contributed by atoms with Crippen molar-refractivity contribution in [2.75, 3.05) is 56.2 Å². The fourth-order valence-corrected chi connectivity index (χ4v) is 5.28. The van der Waals surface area contributed by atoms with Gasteiger partial charge in [0, 0.05) is 41.5 Å². The molecule has 5 rings (SSSR count). The Labute approximate surface area is 192 Å². The van der Waals surface area contributed by atoms with E-state index in [4.69, 9.17) is 9.47 Å². The zero-order valence-electron chi connectivity index (χ0n) is 18.2. The SMILES string of the molecule is O=C1COc2ccc(OCCCCN3CCCN(c4cccc5sccc45)CC3)cc2N1. The first-order valence-corrected chi connectivity index (χ1v) is 12.3. The number of carbonyl (C=O) groups excluding carboxylic acids is 1. The molecule has 1 fully saturated rings. The molecule has 7 heteroatoms. The number of benzene rings is 2. The van der Waals surface area contributed by atoms with Gasteiger partial charge >= 0.3 is 0 Å². The molecule has 0 spiro atoms. The first-order chi connectivity index (χ1) is 15.8. The first-order valence-electron chi connectivity index (χ1n) is 11.4. The quantitative estimate of drug-likeness (QED) is 0.532. The summed E-state index contributed by atoms with van der Waals surface area (Å²) in [5.41, 5.74) is 2.07. The van der Waals surface area contributed by atoms with E-state index in [-0.39, 0.29) is 12.5 Å². The van der Waals surface area contributed by atoms with E-state index in [1.807, 2.05) is 29.5 Å². The number of unbranched alkanes of at least 4 members (excludes halogenated alkanes) is 1. The largest absolute Gasteiger partial charge is 0.494 e. The van der Waals surface area contributed by atoms with Crippen molar-refractivity contribution in [2.24, 2.45) is 0 Å². The maximum Gasteiger partial charge on any atom is 0.262 e. The fraction of sp³-hybridized carbons (Fsp3) is 0.400. The number of rotatable bonds is 7. The number of nitrogens with zero attached hydrogens (tertiary/aromatic N) is 2. The lowest BCUT2D eigenvalue weighted by molar-refractivity contribution is -0.118. The highest BCUT2D eigenvalue weighted by Gasteiger charge is 2.18. The molecule has 0 bridgehead atoms. The Bertz CT molecular complexity index is 1080. The number of ether oxygens (including phenoxy) is 2. The van der Waals surface area contributed by atoms with E-state index < -0.39 is 0 Å². The van der Waals surface area contributed by atoms with Crippen LogP contribution in [0.2, 0.25) is 0 Å². The maximum atomic E-state index is 11.5. The molecule has 1 N–H and O–H groups in total. The van der Waals surface area contributed by atoms with E-state index in [0.29, 0.717) is 18.0 Å². The van der Waals surface area contributed by atoms with E-state index in [1.54, 1.807) is 0 Å². The molecule has 2 aliphatic rings. The van der Waals surface area contributed by atoms with Crippen molar-refractivity contribution in [3.8, 4) is 11.5 Å². The van der Waals surface area contributed by atoms with E-state index in [9.17, 15) is 4.79 Å². The van der Waals surface area contributed by atoms with Crippen LogP contribution in [0.25, 0.3) is 10.1 Å². The molecule has 3 heterocycles. The molecule has 6 nitrogen and oxygen atoms in total. The molecular weight excluding hydrogens is 422 g/mol. The predicted octanol–water partition coefficient (Wildman–Crippen LogP) is 4.60. The molecule has 0 unspecified atom stereocenters. The minimum Gasteiger partial charge on any atom is -0.494 e. The second kappa shape index (κ2) is 9.79. The van der Waals surface area contributed by atoms with Crippen LogP contribution in [0.5, 0.6) is 11.5 Å². The Morgan fingerprint density at radius 3 is 3.00 bits per heavy atom. The van der Waals surface area contributed by atoms with Crippen LogP contribution in [-0.4, -0.2) is 56.7 Å². The Morgan fingerprint density at radius 2 is 2.03 bits per heavy atom. The lowest BCUT2D eigenvalue weighted by Gasteiger charge is -2.24. The monoisotopic (exact) mass is 451 g/mol. The van der Waals surface area contributed by atoms with Crippen LogP contribution in [0.3, 0.4) is 0 Å². The Balaban J connectivity index is 1.06. The minimum atomic E-state index is -0.127. The second-order valence-electron chi connectivity index (χ2n) is 8.34. The average Bonchev–Trinajstić information content (AvgIpc) is 3.17. The van der Waals surface area contributed by atoms with Crippen LogP contribution in [-0.2, 0) is 4.79 Å². The van der Waals surface area contributed by atoms with Gasteiger partial charge in [0.25, 0.3) is 5.91 Å². The zero-order chi connectivity index (χ0) is 21.8. The van der Waals surface area contributed by atoms with E-state index in [2.05, 4.69) is 44.8 Å². The number of amides is 1. The number of thiophene rings is 1. The molecule has 2 aromatic carbocycles. The Hall–Kier alpha value is -2.77. The molecule has 0 saturated carbocycles. The molecule has 0 radical (unpaired) electrons. The lowest BCUT2D eigenvalue weighted by atomic mass is 10.2. The zero-order valence-corrected chi connectivity index (χ0v) is 19.0. The number of hydrogen-bond acceptors (Lipinski definition) is 6. The average molecular weight is 452 g/mol. The standard InChI is InChI=1S/C25H29N3O3S/c29-25-18-31-23-8-7-19(17-21(23)26-25)30-15-2-1-10-27-11-4-12-28(14-13-27)22-5-3-6-24-20(22)9-16-32-24/h3,5-9,16-17H,1-2,4,10-15,18H2,(H,26,29). The molecule has 2 aliphatic heterocycles. The van der Waals surface area contributed by atoms with Crippen molar-refractivity contribution in [3.63, 3.8) is 0 Å². The van der Waals surface area contributed by atoms with Crippen molar-refractivity contribution < 1.29 is 14.3 Å². The van der Waals surface area contributed by atoms with Gasteiger partial charge in [-0.05, 0) is 68.1 Å². The van der Waals surface area contributed by atoms with Gasteiger partial charge in [0.1, 0.15) is 11.5 Å². The van der Waals surface area contributed by atoms with Crippen molar-refractivity contribution >= 4 is 38.7 Å². The highest BCUT2D eigenvalue weighted by atomic mass is 32.1. The number of hydrogen-bond donors (Lipinski definition) is 1. The summed E-state index contributed by atoms with van der Waals surface area (Å²) in [6, 6.07) is 14.5. The third-order valence-electron chi connectivity index (χ3n) is 6.12. The molecule has 0 aliphatic carbocycles. The van der Waals surface area contributed by atoms with Crippen LogP contribution in [0.1, 0.15) is 19.3 Å². The highest BCUT2D eigenvalue weighted by Crippen LogP contribution is 2.32. The van der Waals surface area contributed by atoms with Crippen LogP contribution in [0.4, 0.5) is 11.4 Å².